The van der Waals surface area contributed by atoms with E-state index >= 15 is 0 Å². The molecule has 0 spiro atoms. The van der Waals surface area contributed by atoms with Crippen LogP contribution in [0.25, 0.3) is 11.0 Å². The van der Waals surface area contributed by atoms with Gasteiger partial charge in [0.2, 0.25) is 0 Å². The number of rotatable bonds is 2. The van der Waals surface area contributed by atoms with Gasteiger partial charge in [-0.2, -0.15) is 0 Å². The minimum Gasteiger partial charge on any atom is -0.477 e. The first-order valence-corrected chi connectivity index (χ1v) is 10.4. The lowest BCUT2D eigenvalue weighted by atomic mass is 9.99. The molecule has 0 saturated carbocycles. The van der Waals surface area contributed by atoms with Crippen LogP contribution in [-0.4, -0.2) is 37.6 Å². The highest BCUT2D eigenvalue weighted by Crippen LogP contribution is 2.37. The van der Waals surface area contributed by atoms with Gasteiger partial charge in [-0.3, -0.25) is 4.90 Å². The van der Waals surface area contributed by atoms with Crippen LogP contribution < -0.4 is 10.4 Å². The van der Waals surface area contributed by atoms with Gasteiger partial charge in [0, 0.05) is 35.2 Å². The van der Waals surface area contributed by atoms with Gasteiger partial charge in [0.05, 0.1) is 11.5 Å². The molecule has 0 radical (unpaired) electrons. The van der Waals surface area contributed by atoms with Crippen molar-refractivity contribution in [2.45, 2.75) is 39.3 Å². The van der Waals surface area contributed by atoms with Crippen LogP contribution in [0.15, 0.2) is 21.3 Å². The standard InChI is InChI=1S/C18H21NO5S/c1-3-12-7-16(20)24-18-11(2)17-13(6-15(12)18)8-19(10-23-17)14-4-5-25(21,22)9-14/h6-7,14H,3-5,8-10H2,1-2H3. The Balaban J connectivity index is 1.76. The Morgan fingerprint density at radius 1 is 1.32 bits per heavy atom. The molecule has 25 heavy (non-hydrogen) atoms. The summed E-state index contributed by atoms with van der Waals surface area (Å²) in [7, 11) is -2.93. The second-order valence-corrected chi connectivity index (χ2v) is 9.12. The molecule has 3 heterocycles. The van der Waals surface area contributed by atoms with Gasteiger partial charge in [-0.25, -0.2) is 13.2 Å². The fraction of sp³-hybridized carbons (Fsp3) is 0.500. The molecular weight excluding hydrogens is 342 g/mol. The van der Waals surface area contributed by atoms with Crippen molar-refractivity contribution < 1.29 is 17.6 Å². The molecule has 1 saturated heterocycles. The predicted molar refractivity (Wildman–Crippen MR) is 94.7 cm³/mol. The minimum atomic E-state index is -2.93. The molecule has 1 atom stereocenters. The SMILES string of the molecule is CCc1cc(=O)oc2c(C)c3c(cc12)CN(C1CCS(=O)(=O)C1)CO3. The molecule has 0 N–H and O–H groups in total. The minimum absolute atomic E-state index is 0.00787. The molecule has 6 nitrogen and oxygen atoms in total. The lowest BCUT2D eigenvalue weighted by Gasteiger charge is -2.33. The molecule has 1 aromatic heterocycles. The zero-order valence-electron chi connectivity index (χ0n) is 14.4. The first-order chi connectivity index (χ1) is 11.9. The van der Waals surface area contributed by atoms with Gasteiger partial charge in [-0.1, -0.05) is 6.92 Å². The Morgan fingerprint density at radius 2 is 2.12 bits per heavy atom. The third-order valence-corrected chi connectivity index (χ3v) is 6.98. The van der Waals surface area contributed by atoms with E-state index in [4.69, 9.17) is 9.15 Å². The molecule has 0 amide bonds. The molecule has 2 aromatic rings. The Kier molecular flexibility index (Phi) is 3.88. The van der Waals surface area contributed by atoms with Crippen LogP contribution in [0.2, 0.25) is 0 Å². The Bertz CT molecular complexity index is 1010. The second-order valence-electron chi connectivity index (χ2n) is 6.89. The Hall–Kier alpha value is -1.86. The van der Waals surface area contributed by atoms with E-state index in [0.717, 1.165) is 34.2 Å². The summed E-state index contributed by atoms with van der Waals surface area (Å²) in [6, 6.07) is 3.57. The first kappa shape index (κ1) is 16.6. The van der Waals surface area contributed by atoms with Crippen molar-refractivity contribution in [3.63, 3.8) is 0 Å². The highest BCUT2D eigenvalue weighted by Gasteiger charge is 2.35. The van der Waals surface area contributed by atoms with Crippen molar-refractivity contribution in [1.29, 1.82) is 0 Å². The van der Waals surface area contributed by atoms with Crippen molar-refractivity contribution in [1.82, 2.24) is 4.90 Å². The molecule has 0 aliphatic carbocycles. The summed E-state index contributed by atoms with van der Waals surface area (Å²) in [5, 5.41) is 0.933. The van der Waals surface area contributed by atoms with Crippen molar-refractivity contribution >= 4 is 20.8 Å². The van der Waals surface area contributed by atoms with Crippen LogP contribution in [0, 0.1) is 6.92 Å². The largest absolute Gasteiger partial charge is 0.477 e. The molecule has 1 unspecified atom stereocenters. The number of aryl methyl sites for hydroxylation is 2. The van der Waals surface area contributed by atoms with E-state index in [9.17, 15) is 13.2 Å². The van der Waals surface area contributed by atoms with Crippen molar-refractivity contribution in [2.24, 2.45) is 0 Å². The third-order valence-electron chi connectivity index (χ3n) is 5.23. The summed E-state index contributed by atoms with van der Waals surface area (Å²) >= 11 is 0. The lowest BCUT2D eigenvalue weighted by Crippen LogP contribution is -2.41. The maximum Gasteiger partial charge on any atom is 0.336 e. The van der Waals surface area contributed by atoms with E-state index in [1.165, 1.54) is 0 Å². The summed E-state index contributed by atoms with van der Waals surface area (Å²) in [4.78, 5) is 13.9. The number of hydrogen-bond acceptors (Lipinski definition) is 6. The van der Waals surface area contributed by atoms with E-state index in [0.29, 0.717) is 25.3 Å². The summed E-state index contributed by atoms with van der Waals surface area (Å²) < 4.78 is 34.9. The summed E-state index contributed by atoms with van der Waals surface area (Å²) in [6.45, 7) is 4.92. The van der Waals surface area contributed by atoms with Crippen LogP contribution in [0.1, 0.15) is 30.0 Å². The quantitative estimate of drug-likeness (QED) is 0.760. The highest BCUT2D eigenvalue weighted by atomic mass is 32.2. The van der Waals surface area contributed by atoms with Gasteiger partial charge in [0.25, 0.3) is 0 Å². The predicted octanol–water partition coefficient (Wildman–Crippen LogP) is 2.00. The molecule has 4 rings (SSSR count). The Labute approximate surface area is 146 Å². The molecule has 134 valence electrons. The lowest BCUT2D eigenvalue weighted by molar-refractivity contribution is 0.0641. The number of sulfone groups is 1. The van der Waals surface area contributed by atoms with Gasteiger partial charge >= 0.3 is 5.63 Å². The molecule has 1 fully saturated rings. The van der Waals surface area contributed by atoms with Gasteiger partial charge < -0.3 is 9.15 Å². The van der Waals surface area contributed by atoms with Crippen molar-refractivity contribution in [3.8, 4) is 5.75 Å². The number of ether oxygens (including phenoxy) is 1. The van der Waals surface area contributed by atoms with Crippen molar-refractivity contribution in [2.75, 3.05) is 18.2 Å². The van der Waals surface area contributed by atoms with Crippen LogP contribution in [0.4, 0.5) is 0 Å². The second kappa shape index (κ2) is 5.85. The molecule has 2 aliphatic heterocycles. The third kappa shape index (κ3) is 2.85. The average molecular weight is 363 g/mol. The van der Waals surface area contributed by atoms with Crippen LogP contribution >= 0.6 is 0 Å². The highest BCUT2D eigenvalue weighted by molar-refractivity contribution is 7.91. The smallest absolute Gasteiger partial charge is 0.336 e. The van der Waals surface area contributed by atoms with Gasteiger partial charge in [-0.15, -0.1) is 0 Å². The van der Waals surface area contributed by atoms with E-state index in [1.807, 2.05) is 19.9 Å². The molecular formula is C18H21NO5S. The average Bonchev–Trinajstić information content (AvgIpc) is 2.95. The number of hydrogen-bond donors (Lipinski definition) is 0. The number of fused-ring (bicyclic) bond motifs is 2. The number of nitrogens with zero attached hydrogens (tertiary/aromatic N) is 1. The molecule has 1 aromatic carbocycles. The van der Waals surface area contributed by atoms with Crippen LogP contribution in [0.3, 0.4) is 0 Å². The van der Waals surface area contributed by atoms with E-state index < -0.39 is 9.84 Å². The van der Waals surface area contributed by atoms with Crippen molar-refractivity contribution in [3.05, 3.63) is 39.2 Å². The van der Waals surface area contributed by atoms with E-state index in [1.54, 1.807) is 6.07 Å². The summed E-state index contributed by atoms with van der Waals surface area (Å²) in [5.41, 5.74) is 3.04. The van der Waals surface area contributed by atoms with E-state index in [-0.39, 0.29) is 23.2 Å². The van der Waals surface area contributed by atoms with E-state index in [2.05, 4.69) is 4.90 Å². The summed E-state index contributed by atoms with van der Waals surface area (Å²) in [5.74, 6) is 1.21. The zero-order chi connectivity index (χ0) is 17.8. The van der Waals surface area contributed by atoms with Gasteiger partial charge in [0.1, 0.15) is 18.1 Å². The van der Waals surface area contributed by atoms with Gasteiger partial charge in [-0.05, 0) is 31.4 Å². The maximum absolute atomic E-state index is 11.8. The monoisotopic (exact) mass is 363 g/mol. The molecule has 7 heteroatoms. The fourth-order valence-electron chi connectivity index (χ4n) is 3.89. The molecule has 2 aliphatic rings. The maximum atomic E-state index is 11.8. The fourth-order valence-corrected chi connectivity index (χ4v) is 5.65. The molecule has 0 bridgehead atoms. The zero-order valence-corrected chi connectivity index (χ0v) is 15.2. The van der Waals surface area contributed by atoms with Gasteiger partial charge in [0.15, 0.2) is 9.84 Å². The first-order valence-electron chi connectivity index (χ1n) is 8.54. The normalized spacial score (nSPS) is 22.7. The topological polar surface area (TPSA) is 76.8 Å². The van der Waals surface area contributed by atoms with Crippen LogP contribution in [0.5, 0.6) is 5.75 Å². The van der Waals surface area contributed by atoms with Crippen LogP contribution in [-0.2, 0) is 22.8 Å². The Morgan fingerprint density at radius 3 is 2.80 bits per heavy atom. The number of benzene rings is 1. The summed E-state index contributed by atoms with van der Waals surface area (Å²) in [6.07, 6.45) is 1.40.